The number of nitrogens with zero attached hydrogens (tertiary/aromatic N) is 1. The standard InChI is InChI=1S/C21H43N5/c1-7-9-12-16(8-2)21-14(3)11-10-13-17(21)15(4)22-20(25-21)24-18-19(23-18)26(5)6/h14-20,22-25H,7-13H2,1-6H3. The molecule has 152 valence electrons. The predicted octanol–water partition coefficient (Wildman–Crippen LogP) is 2.65. The summed E-state index contributed by atoms with van der Waals surface area (Å²) in [4.78, 5) is 2.25. The zero-order valence-corrected chi connectivity index (χ0v) is 17.9. The van der Waals surface area contributed by atoms with Crippen LogP contribution in [0, 0.1) is 17.8 Å². The molecule has 3 fully saturated rings. The number of hydrogen-bond acceptors (Lipinski definition) is 5. The lowest BCUT2D eigenvalue weighted by Gasteiger charge is -2.60. The molecular formula is C21H43N5. The minimum Gasteiger partial charge on any atom is -0.292 e. The van der Waals surface area contributed by atoms with Crippen LogP contribution >= 0.6 is 0 Å². The molecule has 0 spiro atoms. The highest BCUT2D eigenvalue weighted by molar-refractivity contribution is 5.11. The average Bonchev–Trinajstić information content (AvgIpc) is 3.36. The van der Waals surface area contributed by atoms with Gasteiger partial charge in [-0.25, -0.2) is 0 Å². The highest BCUT2D eigenvalue weighted by Gasteiger charge is 2.55. The molecule has 4 N–H and O–H groups in total. The summed E-state index contributed by atoms with van der Waals surface area (Å²) in [5, 5.41) is 15.3. The summed E-state index contributed by atoms with van der Waals surface area (Å²) < 4.78 is 0. The van der Waals surface area contributed by atoms with E-state index in [-0.39, 0.29) is 11.8 Å². The van der Waals surface area contributed by atoms with Gasteiger partial charge in [-0.2, -0.15) is 0 Å². The van der Waals surface area contributed by atoms with E-state index in [4.69, 9.17) is 0 Å². The Morgan fingerprint density at radius 1 is 1.15 bits per heavy atom. The van der Waals surface area contributed by atoms with Crippen molar-refractivity contribution >= 4 is 0 Å². The summed E-state index contributed by atoms with van der Waals surface area (Å²) in [6, 6.07) is 0.559. The molecule has 8 atom stereocenters. The lowest BCUT2D eigenvalue weighted by atomic mass is 9.56. The minimum atomic E-state index is 0.194. The van der Waals surface area contributed by atoms with Gasteiger partial charge >= 0.3 is 0 Å². The van der Waals surface area contributed by atoms with E-state index >= 15 is 0 Å². The largest absolute Gasteiger partial charge is 0.292 e. The minimum absolute atomic E-state index is 0.194. The van der Waals surface area contributed by atoms with Gasteiger partial charge in [0.05, 0.1) is 12.3 Å². The van der Waals surface area contributed by atoms with Crippen LogP contribution in [0.2, 0.25) is 0 Å². The van der Waals surface area contributed by atoms with Crippen molar-refractivity contribution in [3.05, 3.63) is 0 Å². The Morgan fingerprint density at radius 3 is 2.54 bits per heavy atom. The lowest BCUT2D eigenvalue weighted by Crippen LogP contribution is -2.78. The molecule has 5 nitrogen and oxygen atoms in total. The maximum Gasteiger partial charge on any atom is 0.113 e. The molecule has 0 amide bonds. The third-order valence-corrected chi connectivity index (χ3v) is 7.54. The normalized spacial score (nSPS) is 44.0. The Bertz CT molecular complexity index is 456. The summed E-state index contributed by atoms with van der Waals surface area (Å²) in [7, 11) is 4.28. The fourth-order valence-electron chi connectivity index (χ4n) is 6.11. The summed E-state index contributed by atoms with van der Waals surface area (Å²) in [5.74, 6) is 2.25. The smallest absolute Gasteiger partial charge is 0.113 e. The molecule has 2 saturated heterocycles. The van der Waals surface area contributed by atoms with Crippen molar-refractivity contribution in [2.75, 3.05) is 14.1 Å². The third-order valence-electron chi connectivity index (χ3n) is 7.54. The molecule has 8 unspecified atom stereocenters. The SMILES string of the molecule is CCCCC(CC)C12NC(NC3NC3N(C)C)NC(C)C1CCCC2C. The van der Waals surface area contributed by atoms with Crippen LogP contribution in [0.1, 0.15) is 72.6 Å². The zero-order chi connectivity index (χ0) is 18.9. The fourth-order valence-corrected chi connectivity index (χ4v) is 6.11. The Labute approximate surface area is 161 Å². The van der Waals surface area contributed by atoms with E-state index in [1.165, 1.54) is 44.9 Å². The van der Waals surface area contributed by atoms with Crippen molar-refractivity contribution in [2.24, 2.45) is 17.8 Å². The van der Waals surface area contributed by atoms with Crippen LogP contribution in [-0.4, -0.2) is 49.2 Å². The Morgan fingerprint density at radius 2 is 1.92 bits per heavy atom. The van der Waals surface area contributed by atoms with Crippen LogP contribution in [0.4, 0.5) is 0 Å². The van der Waals surface area contributed by atoms with E-state index in [1.54, 1.807) is 0 Å². The molecule has 0 bridgehead atoms. The van der Waals surface area contributed by atoms with Crippen molar-refractivity contribution in [3.8, 4) is 0 Å². The van der Waals surface area contributed by atoms with Crippen LogP contribution in [0.25, 0.3) is 0 Å². The first-order chi connectivity index (χ1) is 12.4. The first-order valence-corrected chi connectivity index (χ1v) is 11.2. The second-order valence-corrected chi connectivity index (χ2v) is 9.37. The topological polar surface area (TPSA) is 61.3 Å². The lowest BCUT2D eigenvalue weighted by molar-refractivity contribution is -0.0505. The fraction of sp³-hybridized carbons (Fsp3) is 1.00. The maximum atomic E-state index is 4.16. The molecule has 26 heavy (non-hydrogen) atoms. The second-order valence-electron chi connectivity index (χ2n) is 9.37. The third kappa shape index (κ3) is 3.83. The highest BCUT2D eigenvalue weighted by Crippen LogP contribution is 2.48. The summed E-state index contributed by atoms with van der Waals surface area (Å²) >= 11 is 0. The summed E-state index contributed by atoms with van der Waals surface area (Å²) in [6.45, 7) is 9.67. The van der Waals surface area contributed by atoms with Gasteiger partial charge in [0.15, 0.2) is 0 Å². The van der Waals surface area contributed by atoms with E-state index in [2.05, 4.69) is 68.0 Å². The first kappa shape index (κ1) is 20.5. The monoisotopic (exact) mass is 365 g/mol. The average molecular weight is 366 g/mol. The van der Waals surface area contributed by atoms with Gasteiger partial charge in [-0.05, 0) is 58.0 Å². The molecule has 1 aliphatic carbocycles. The van der Waals surface area contributed by atoms with Crippen LogP contribution in [0.15, 0.2) is 0 Å². The van der Waals surface area contributed by atoms with Crippen LogP contribution in [0.5, 0.6) is 0 Å². The summed E-state index contributed by atoms with van der Waals surface area (Å²) in [6.07, 6.45) is 10.5. The van der Waals surface area contributed by atoms with Gasteiger partial charge in [0.25, 0.3) is 0 Å². The van der Waals surface area contributed by atoms with Crippen LogP contribution in [-0.2, 0) is 0 Å². The molecule has 3 aliphatic rings. The van der Waals surface area contributed by atoms with Crippen molar-refractivity contribution in [3.63, 3.8) is 0 Å². The van der Waals surface area contributed by atoms with Crippen molar-refractivity contribution in [1.29, 1.82) is 0 Å². The molecule has 2 aliphatic heterocycles. The first-order valence-electron chi connectivity index (χ1n) is 11.2. The molecular weight excluding hydrogens is 322 g/mol. The van der Waals surface area contributed by atoms with Gasteiger partial charge in [0.2, 0.25) is 0 Å². The van der Waals surface area contributed by atoms with E-state index in [0.29, 0.717) is 18.4 Å². The molecule has 0 aromatic carbocycles. The number of hydrogen-bond donors (Lipinski definition) is 4. The van der Waals surface area contributed by atoms with Gasteiger partial charge in [-0.15, -0.1) is 0 Å². The van der Waals surface area contributed by atoms with E-state index in [9.17, 15) is 0 Å². The van der Waals surface area contributed by atoms with Crippen LogP contribution in [0.3, 0.4) is 0 Å². The molecule has 0 aromatic heterocycles. The second kappa shape index (κ2) is 8.44. The van der Waals surface area contributed by atoms with Crippen LogP contribution < -0.4 is 21.3 Å². The molecule has 0 radical (unpaired) electrons. The molecule has 0 aromatic rings. The molecule has 1 saturated carbocycles. The predicted molar refractivity (Wildman–Crippen MR) is 110 cm³/mol. The Kier molecular flexibility index (Phi) is 6.66. The molecule has 2 heterocycles. The van der Waals surface area contributed by atoms with Crippen molar-refractivity contribution in [1.82, 2.24) is 26.2 Å². The Hall–Kier alpha value is -0.200. The van der Waals surface area contributed by atoms with Crippen molar-refractivity contribution < 1.29 is 0 Å². The highest BCUT2D eigenvalue weighted by atomic mass is 15.5. The number of fused-ring (bicyclic) bond motifs is 1. The number of unbranched alkanes of at least 4 members (excludes halogenated alkanes) is 1. The van der Waals surface area contributed by atoms with E-state index in [1.807, 2.05) is 0 Å². The Balaban J connectivity index is 1.79. The van der Waals surface area contributed by atoms with E-state index < -0.39 is 0 Å². The number of nitrogens with one attached hydrogen (secondary N) is 4. The maximum absolute atomic E-state index is 4.16. The summed E-state index contributed by atoms with van der Waals surface area (Å²) in [5.41, 5.74) is 0.271. The quantitative estimate of drug-likeness (QED) is 0.498. The molecule has 3 rings (SSSR count). The van der Waals surface area contributed by atoms with Gasteiger partial charge in [0, 0.05) is 11.6 Å². The van der Waals surface area contributed by atoms with Gasteiger partial charge in [-0.1, -0.05) is 46.5 Å². The zero-order valence-electron chi connectivity index (χ0n) is 17.9. The van der Waals surface area contributed by atoms with Gasteiger partial charge < -0.3 is 0 Å². The van der Waals surface area contributed by atoms with Gasteiger partial charge in [0.1, 0.15) is 6.29 Å². The number of rotatable bonds is 8. The van der Waals surface area contributed by atoms with Crippen molar-refractivity contribution in [2.45, 2.75) is 103 Å². The molecule has 5 heteroatoms. The van der Waals surface area contributed by atoms with E-state index in [0.717, 1.165) is 17.8 Å². The van der Waals surface area contributed by atoms with Gasteiger partial charge in [-0.3, -0.25) is 26.2 Å². The number of likely N-dealkylation sites (N-methyl/N-ethyl adjacent to an activating group) is 1.